The molecule has 4 heteroatoms. The van der Waals surface area contributed by atoms with Crippen LogP contribution in [0, 0.1) is 0 Å². The van der Waals surface area contributed by atoms with Gasteiger partial charge in [0.25, 0.3) is 0 Å². The van der Waals surface area contributed by atoms with E-state index >= 15 is 0 Å². The molecule has 14 heavy (non-hydrogen) atoms. The molecule has 2 atom stereocenters. The molecule has 0 aromatic rings. The lowest BCUT2D eigenvalue weighted by Gasteiger charge is -2.38. The fourth-order valence-electron chi connectivity index (χ4n) is 1.97. The average molecular weight is 199 g/mol. The van der Waals surface area contributed by atoms with Crippen LogP contribution in [-0.2, 0) is 4.79 Å². The summed E-state index contributed by atoms with van der Waals surface area (Å²) in [5, 5.41) is 2.07. The number of hydrazine groups is 1. The zero-order valence-corrected chi connectivity index (χ0v) is 9.12. The predicted molar refractivity (Wildman–Crippen MR) is 56.4 cm³/mol. The van der Waals surface area contributed by atoms with Crippen molar-refractivity contribution in [3.8, 4) is 0 Å². The Bertz CT molecular complexity index is 186. The third-order valence-corrected chi connectivity index (χ3v) is 2.82. The Morgan fingerprint density at radius 2 is 2.00 bits per heavy atom. The van der Waals surface area contributed by atoms with Crippen molar-refractivity contribution < 1.29 is 4.79 Å². The normalized spacial score (nSPS) is 28.8. The number of amides is 1. The fraction of sp³-hybridized carbons (Fsp3) is 0.900. The molecule has 0 aromatic carbocycles. The molecule has 82 valence electrons. The maximum atomic E-state index is 11.4. The minimum Gasteiger partial charge on any atom is -0.330 e. The van der Waals surface area contributed by atoms with Crippen LogP contribution in [0.1, 0.15) is 39.5 Å². The number of carbonyl (C=O) groups is 1. The van der Waals surface area contributed by atoms with Gasteiger partial charge in [-0.05, 0) is 26.7 Å². The van der Waals surface area contributed by atoms with Gasteiger partial charge in [-0.1, -0.05) is 6.42 Å². The number of nitrogens with one attached hydrogen (secondary N) is 1. The van der Waals surface area contributed by atoms with E-state index in [1.54, 1.807) is 0 Å². The molecule has 2 unspecified atom stereocenters. The number of hydrogen-bond donors (Lipinski definition) is 2. The van der Waals surface area contributed by atoms with Gasteiger partial charge in [0.15, 0.2) is 0 Å². The van der Waals surface area contributed by atoms with Crippen molar-refractivity contribution in [3.05, 3.63) is 0 Å². The number of hydrogen-bond acceptors (Lipinski definition) is 3. The molecular formula is C10H21N3O. The molecule has 0 bridgehead atoms. The highest BCUT2D eigenvalue weighted by Gasteiger charge is 2.25. The van der Waals surface area contributed by atoms with Crippen LogP contribution in [0.5, 0.6) is 0 Å². The van der Waals surface area contributed by atoms with Crippen molar-refractivity contribution in [3.63, 3.8) is 0 Å². The summed E-state index contributed by atoms with van der Waals surface area (Å²) in [7, 11) is 0. The van der Waals surface area contributed by atoms with Crippen LogP contribution < -0.4 is 11.2 Å². The summed E-state index contributed by atoms with van der Waals surface area (Å²) in [6, 6.07) is 0.890. The summed E-state index contributed by atoms with van der Waals surface area (Å²) in [5.74, 6) is 0.0353. The van der Waals surface area contributed by atoms with Crippen LogP contribution in [0.3, 0.4) is 0 Å². The Morgan fingerprint density at radius 1 is 1.43 bits per heavy atom. The molecular weight excluding hydrogens is 178 g/mol. The standard InChI is InChI=1S/C10H21N3O/c1-8-4-3-5-9(2)13(8)12-10(14)6-7-11/h8-9H,3-7,11H2,1-2H3,(H,12,14). The molecule has 0 radical (unpaired) electrons. The number of rotatable bonds is 3. The lowest BCUT2D eigenvalue weighted by molar-refractivity contribution is -0.129. The number of nitrogens with zero attached hydrogens (tertiary/aromatic N) is 1. The van der Waals surface area contributed by atoms with E-state index in [1.807, 2.05) is 0 Å². The maximum absolute atomic E-state index is 11.4. The molecule has 1 rings (SSSR count). The van der Waals surface area contributed by atoms with Crippen molar-refractivity contribution in [2.24, 2.45) is 5.73 Å². The Morgan fingerprint density at radius 3 is 2.50 bits per heavy atom. The summed E-state index contributed by atoms with van der Waals surface area (Å²) in [5.41, 5.74) is 8.26. The van der Waals surface area contributed by atoms with E-state index in [-0.39, 0.29) is 5.91 Å². The smallest absolute Gasteiger partial charge is 0.235 e. The summed E-state index contributed by atoms with van der Waals surface area (Å²) in [4.78, 5) is 11.4. The average Bonchev–Trinajstić information content (AvgIpc) is 2.12. The van der Waals surface area contributed by atoms with E-state index in [9.17, 15) is 4.79 Å². The molecule has 3 N–H and O–H groups in total. The van der Waals surface area contributed by atoms with Crippen molar-refractivity contribution in [1.82, 2.24) is 10.4 Å². The van der Waals surface area contributed by atoms with E-state index in [0.717, 1.165) is 12.8 Å². The van der Waals surface area contributed by atoms with Crippen molar-refractivity contribution >= 4 is 5.91 Å². The second kappa shape index (κ2) is 5.32. The molecule has 1 amide bonds. The van der Waals surface area contributed by atoms with Crippen molar-refractivity contribution in [1.29, 1.82) is 0 Å². The van der Waals surface area contributed by atoms with Crippen LogP contribution in [0.25, 0.3) is 0 Å². The molecule has 4 nitrogen and oxygen atoms in total. The van der Waals surface area contributed by atoms with Crippen LogP contribution in [0.4, 0.5) is 0 Å². The quantitative estimate of drug-likeness (QED) is 0.701. The Kier molecular flexibility index (Phi) is 4.35. The summed E-state index contributed by atoms with van der Waals surface area (Å²) in [6.07, 6.45) is 3.99. The van der Waals surface area contributed by atoms with Gasteiger partial charge in [-0.25, -0.2) is 5.01 Å². The van der Waals surface area contributed by atoms with Gasteiger partial charge in [-0.3, -0.25) is 10.2 Å². The molecule has 0 aromatic heterocycles. The number of carbonyl (C=O) groups excluding carboxylic acids is 1. The van der Waals surface area contributed by atoms with Crippen molar-refractivity contribution in [2.75, 3.05) is 6.54 Å². The van der Waals surface area contributed by atoms with Gasteiger partial charge in [0.1, 0.15) is 0 Å². The molecule has 1 fully saturated rings. The molecule has 1 heterocycles. The van der Waals surface area contributed by atoms with Crippen LogP contribution in [0.2, 0.25) is 0 Å². The Balaban J connectivity index is 2.43. The molecule has 0 saturated carbocycles. The highest BCUT2D eigenvalue weighted by molar-refractivity contribution is 5.75. The van der Waals surface area contributed by atoms with Crippen LogP contribution in [0.15, 0.2) is 0 Å². The zero-order valence-electron chi connectivity index (χ0n) is 9.12. The zero-order chi connectivity index (χ0) is 10.6. The first-order chi connectivity index (χ1) is 6.65. The van der Waals surface area contributed by atoms with Gasteiger partial charge in [0, 0.05) is 25.0 Å². The van der Waals surface area contributed by atoms with Crippen LogP contribution >= 0.6 is 0 Å². The largest absolute Gasteiger partial charge is 0.330 e. The summed E-state index contributed by atoms with van der Waals surface area (Å²) < 4.78 is 0. The highest BCUT2D eigenvalue weighted by atomic mass is 16.2. The van der Waals surface area contributed by atoms with E-state index in [0.29, 0.717) is 25.0 Å². The van der Waals surface area contributed by atoms with E-state index in [1.165, 1.54) is 6.42 Å². The summed E-state index contributed by atoms with van der Waals surface area (Å²) in [6.45, 7) is 4.72. The molecule has 0 aliphatic carbocycles. The second-order valence-electron chi connectivity index (χ2n) is 4.11. The Hall–Kier alpha value is -0.610. The van der Waals surface area contributed by atoms with Crippen molar-refractivity contribution in [2.45, 2.75) is 51.6 Å². The third-order valence-electron chi connectivity index (χ3n) is 2.82. The Labute approximate surface area is 85.8 Å². The fourth-order valence-corrected chi connectivity index (χ4v) is 1.97. The monoisotopic (exact) mass is 199 g/mol. The molecule has 0 spiro atoms. The first-order valence-electron chi connectivity index (χ1n) is 5.43. The van der Waals surface area contributed by atoms with Gasteiger partial charge in [0.05, 0.1) is 0 Å². The van der Waals surface area contributed by atoms with E-state index < -0.39 is 0 Å². The predicted octanol–water partition coefficient (Wildman–Crippen LogP) is 0.629. The highest BCUT2D eigenvalue weighted by Crippen LogP contribution is 2.20. The van der Waals surface area contributed by atoms with Gasteiger partial charge in [-0.2, -0.15) is 0 Å². The molecule has 1 aliphatic rings. The first kappa shape index (κ1) is 11.5. The van der Waals surface area contributed by atoms with Gasteiger partial charge in [-0.15, -0.1) is 0 Å². The SMILES string of the molecule is CC1CCCC(C)N1NC(=O)CCN. The minimum atomic E-state index is 0.0353. The lowest BCUT2D eigenvalue weighted by Crippen LogP contribution is -2.54. The number of nitrogens with two attached hydrogens (primary N) is 1. The van der Waals surface area contributed by atoms with Gasteiger partial charge in [0.2, 0.25) is 5.91 Å². The topological polar surface area (TPSA) is 58.4 Å². The first-order valence-corrected chi connectivity index (χ1v) is 5.43. The van der Waals surface area contributed by atoms with E-state index in [2.05, 4.69) is 24.3 Å². The maximum Gasteiger partial charge on any atom is 0.235 e. The summed E-state index contributed by atoms with van der Waals surface area (Å²) >= 11 is 0. The van der Waals surface area contributed by atoms with Gasteiger partial charge >= 0.3 is 0 Å². The third kappa shape index (κ3) is 2.96. The van der Waals surface area contributed by atoms with E-state index in [4.69, 9.17) is 5.73 Å². The molecule has 1 aliphatic heterocycles. The lowest BCUT2D eigenvalue weighted by atomic mass is 10.00. The molecule has 1 saturated heterocycles. The van der Waals surface area contributed by atoms with Crippen LogP contribution in [-0.4, -0.2) is 29.5 Å². The van der Waals surface area contributed by atoms with Gasteiger partial charge < -0.3 is 5.73 Å². The number of piperidine rings is 1. The minimum absolute atomic E-state index is 0.0353. The second-order valence-corrected chi connectivity index (χ2v) is 4.11.